The highest BCUT2D eigenvalue weighted by Gasteiger charge is 2.20. The first-order chi connectivity index (χ1) is 6.59. The van der Waals surface area contributed by atoms with Gasteiger partial charge in [-0.3, -0.25) is 4.79 Å². The van der Waals surface area contributed by atoms with Crippen molar-refractivity contribution in [1.29, 1.82) is 0 Å². The molecule has 0 aromatic carbocycles. The average molecular weight is 196 g/mol. The van der Waals surface area contributed by atoms with Gasteiger partial charge < -0.3 is 4.74 Å². The summed E-state index contributed by atoms with van der Waals surface area (Å²) in [5, 5.41) is 0. The van der Waals surface area contributed by atoms with Crippen LogP contribution in [0.3, 0.4) is 0 Å². The Morgan fingerprint density at radius 2 is 2.21 bits per heavy atom. The summed E-state index contributed by atoms with van der Waals surface area (Å²) in [7, 11) is 0. The highest BCUT2D eigenvalue weighted by atomic mass is 16.5. The van der Waals surface area contributed by atoms with Crippen molar-refractivity contribution in [3.05, 3.63) is 11.6 Å². The van der Waals surface area contributed by atoms with E-state index < -0.39 is 0 Å². The van der Waals surface area contributed by atoms with Gasteiger partial charge in [0.2, 0.25) is 0 Å². The van der Waals surface area contributed by atoms with Crippen molar-refractivity contribution in [3.8, 4) is 0 Å². The first-order valence-electron chi connectivity index (χ1n) is 5.42. The second kappa shape index (κ2) is 5.18. The molecule has 14 heavy (non-hydrogen) atoms. The normalized spacial score (nSPS) is 32.4. The minimum Gasteiger partial charge on any atom is -0.462 e. The van der Waals surface area contributed by atoms with Gasteiger partial charge in [0.15, 0.2) is 0 Å². The molecule has 1 rings (SSSR count). The second-order valence-electron chi connectivity index (χ2n) is 4.29. The third kappa shape index (κ3) is 3.52. The Morgan fingerprint density at radius 1 is 1.50 bits per heavy atom. The number of allylic oxidation sites excluding steroid dienone is 2. The van der Waals surface area contributed by atoms with E-state index in [0.717, 1.165) is 25.7 Å². The summed E-state index contributed by atoms with van der Waals surface area (Å²) in [5.74, 6) is 0.340. The fourth-order valence-corrected chi connectivity index (χ4v) is 1.92. The maximum absolute atomic E-state index is 10.9. The Morgan fingerprint density at radius 3 is 2.86 bits per heavy atom. The van der Waals surface area contributed by atoms with Gasteiger partial charge in [0.1, 0.15) is 6.10 Å². The van der Waals surface area contributed by atoms with Crippen molar-refractivity contribution in [1.82, 2.24) is 0 Å². The van der Waals surface area contributed by atoms with Gasteiger partial charge in [-0.15, -0.1) is 0 Å². The van der Waals surface area contributed by atoms with Crippen LogP contribution in [0.1, 0.15) is 46.5 Å². The molecule has 2 heteroatoms. The molecule has 0 fully saturated rings. The van der Waals surface area contributed by atoms with Crippen molar-refractivity contribution < 1.29 is 9.53 Å². The first kappa shape index (κ1) is 11.3. The molecule has 0 aromatic rings. The largest absolute Gasteiger partial charge is 0.462 e. The molecule has 0 N–H and O–H groups in total. The fourth-order valence-electron chi connectivity index (χ4n) is 1.92. The van der Waals surface area contributed by atoms with Crippen LogP contribution in [0.2, 0.25) is 0 Å². The minimum absolute atomic E-state index is 0.121. The van der Waals surface area contributed by atoms with E-state index in [1.54, 1.807) is 0 Å². The Bertz CT molecular complexity index is 230. The third-order valence-corrected chi connectivity index (χ3v) is 2.89. The Labute approximate surface area is 86.3 Å². The Hall–Kier alpha value is -0.790. The van der Waals surface area contributed by atoms with Crippen molar-refractivity contribution in [2.45, 2.75) is 52.6 Å². The van der Waals surface area contributed by atoms with Crippen LogP contribution >= 0.6 is 0 Å². The molecule has 0 heterocycles. The third-order valence-electron chi connectivity index (χ3n) is 2.89. The summed E-state index contributed by atoms with van der Waals surface area (Å²) < 4.78 is 5.32. The van der Waals surface area contributed by atoms with Gasteiger partial charge in [0, 0.05) is 6.92 Å². The summed E-state index contributed by atoms with van der Waals surface area (Å²) >= 11 is 0. The van der Waals surface area contributed by atoms with Crippen LogP contribution in [-0.2, 0) is 9.53 Å². The van der Waals surface area contributed by atoms with Gasteiger partial charge in [-0.1, -0.05) is 18.6 Å². The van der Waals surface area contributed by atoms with E-state index in [-0.39, 0.29) is 12.1 Å². The van der Waals surface area contributed by atoms with E-state index in [2.05, 4.69) is 19.9 Å². The lowest BCUT2D eigenvalue weighted by Gasteiger charge is -2.25. The number of esters is 1. The summed E-state index contributed by atoms with van der Waals surface area (Å²) in [5.41, 5.74) is 1.43. The molecule has 0 saturated heterocycles. The van der Waals surface area contributed by atoms with Crippen LogP contribution in [0.15, 0.2) is 11.6 Å². The van der Waals surface area contributed by atoms with E-state index in [4.69, 9.17) is 4.74 Å². The van der Waals surface area contributed by atoms with E-state index >= 15 is 0 Å². The molecule has 2 atom stereocenters. The summed E-state index contributed by atoms with van der Waals surface area (Å²) in [4.78, 5) is 10.9. The molecule has 0 radical (unpaired) electrons. The van der Waals surface area contributed by atoms with E-state index in [1.807, 2.05) is 0 Å². The maximum atomic E-state index is 10.9. The summed E-state index contributed by atoms with van der Waals surface area (Å²) in [6.45, 7) is 5.82. The van der Waals surface area contributed by atoms with Gasteiger partial charge in [-0.2, -0.15) is 0 Å². The molecule has 2 nitrogen and oxygen atoms in total. The van der Waals surface area contributed by atoms with Crippen molar-refractivity contribution in [2.24, 2.45) is 5.92 Å². The molecule has 0 saturated carbocycles. The van der Waals surface area contributed by atoms with Crippen LogP contribution in [0.25, 0.3) is 0 Å². The molecule has 1 aliphatic carbocycles. The molecular formula is C12H20O2. The molecule has 2 unspecified atom stereocenters. The lowest BCUT2D eigenvalue weighted by atomic mass is 9.90. The minimum atomic E-state index is -0.149. The zero-order chi connectivity index (χ0) is 10.6. The summed E-state index contributed by atoms with van der Waals surface area (Å²) in [6, 6.07) is 0. The molecule has 1 aliphatic rings. The smallest absolute Gasteiger partial charge is 0.302 e. The zero-order valence-corrected chi connectivity index (χ0v) is 9.38. The van der Waals surface area contributed by atoms with Gasteiger partial charge in [0.05, 0.1) is 0 Å². The Balaban J connectivity index is 2.55. The van der Waals surface area contributed by atoms with Gasteiger partial charge in [-0.25, -0.2) is 0 Å². The fraction of sp³-hybridized carbons (Fsp3) is 0.750. The van der Waals surface area contributed by atoms with Crippen LogP contribution in [0.5, 0.6) is 0 Å². The van der Waals surface area contributed by atoms with Gasteiger partial charge >= 0.3 is 5.97 Å². The Kier molecular flexibility index (Phi) is 4.18. The summed E-state index contributed by atoms with van der Waals surface area (Å²) in [6.07, 6.45) is 6.70. The van der Waals surface area contributed by atoms with Crippen LogP contribution < -0.4 is 0 Å². The molecular weight excluding hydrogens is 176 g/mol. The number of hydrogen-bond donors (Lipinski definition) is 0. The number of carbonyl (C=O) groups is 1. The lowest BCUT2D eigenvalue weighted by Crippen LogP contribution is -2.25. The average Bonchev–Trinajstić information content (AvgIpc) is 2.09. The van der Waals surface area contributed by atoms with Crippen LogP contribution in [-0.4, -0.2) is 12.1 Å². The number of carbonyl (C=O) groups excluding carboxylic acids is 1. The monoisotopic (exact) mass is 196 g/mol. The molecule has 80 valence electrons. The quantitative estimate of drug-likeness (QED) is 0.476. The standard InChI is InChI=1S/C12H20O2/c1-9-5-4-6-10(2)12(8-7-9)14-11(3)13/h5,10,12H,4,6-8H2,1-3H3/b9-5-. The SMILES string of the molecule is CC(=O)OC1CC/C(C)=C\CCC1C. The molecule has 0 aromatic heterocycles. The number of rotatable bonds is 1. The highest BCUT2D eigenvalue weighted by molar-refractivity contribution is 5.66. The lowest BCUT2D eigenvalue weighted by molar-refractivity contribution is -0.149. The maximum Gasteiger partial charge on any atom is 0.302 e. The molecule has 0 aliphatic heterocycles. The van der Waals surface area contributed by atoms with Crippen molar-refractivity contribution in [3.63, 3.8) is 0 Å². The topological polar surface area (TPSA) is 26.3 Å². The van der Waals surface area contributed by atoms with Crippen molar-refractivity contribution in [2.75, 3.05) is 0 Å². The predicted molar refractivity (Wildman–Crippen MR) is 56.9 cm³/mol. The van der Waals surface area contributed by atoms with Gasteiger partial charge in [-0.05, 0) is 38.5 Å². The van der Waals surface area contributed by atoms with E-state index in [9.17, 15) is 4.79 Å². The number of ether oxygens (including phenoxy) is 1. The van der Waals surface area contributed by atoms with Crippen LogP contribution in [0.4, 0.5) is 0 Å². The highest BCUT2D eigenvalue weighted by Crippen LogP contribution is 2.24. The second-order valence-corrected chi connectivity index (χ2v) is 4.29. The first-order valence-corrected chi connectivity index (χ1v) is 5.42. The predicted octanol–water partition coefficient (Wildman–Crippen LogP) is 3.07. The number of hydrogen-bond acceptors (Lipinski definition) is 2. The van der Waals surface area contributed by atoms with E-state index in [0.29, 0.717) is 5.92 Å². The van der Waals surface area contributed by atoms with Gasteiger partial charge in [0.25, 0.3) is 0 Å². The van der Waals surface area contributed by atoms with Crippen molar-refractivity contribution >= 4 is 5.97 Å². The van der Waals surface area contributed by atoms with Crippen LogP contribution in [0, 0.1) is 5.92 Å². The zero-order valence-electron chi connectivity index (χ0n) is 9.38. The molecule has 0 amide bonds. The van der Waals surface area contributed by atoms with E-state index in [1.165, 1.54) is 12.5 Å². The molecule has 0 spiro atoms. The molecule has 0 bridgehead atoms.